The van der Waals surface area contributed by atoms with Gasteiger partial charge in [-0.15, -0.1) is 19.8 Å². The first kappa shape index (κ1) is 99.9. The zero-order valence-corrected chi connectivity index (χ0v) is 81.4. The Morgan fingerprint density at radius 2 is 0.532 bits per heavy atom. The Hall–Kier alpha value is -9.55. The molecule has 0 unspecified atom stereocenters. The van der Waals surface area contributed by atoms with Crippen molar-refractivity contribution in [2.45, 2.75) is 0 Å². The third kappa shape index (κ3) is 29.0. The van der Waals surface area contributed by atoms with Gasteiger partial charge in [0.05, 0.1) is 105 Å². The Morgan fingerprint density at radius 1 is 0.323 bits per heavy atom. The van der Waals surface area contributed by atoms with E-state index in [1.165, 1.54) is 58.1 Å². The van der Waals surface area contributed by atoms with E-state index >= 15 is 0 Å². The number of carboxylic acids is 4. The summed E-state index contributed by atoms with van der Waals surface area (Å²) in [6.07, 6.45) is 9.46. The second-order valence-electron chi connectivity index (χ2n) is 25.4. The van der Waals surface area contributed by atoms with E-state index < -0.39 is 52.1 Å². The molecule has 124 heavy (non-hydrogen) atoms. The number of hydrogen-bond acceptors (Lipinski definition) is 30. The second kappa shape index (κ2) is 48.2. The molecule has 0 aromatic heterocycles. The van der Waals surface area contributed by atoms with Gasteiger partial charge < -0.3 is 103 Å². The van der Waals surface area contributed by atoms with Gasteiger partial charge in [-0.3, -0.25) is 21.7 Å². The number of anilines is 4. The number of aromatic carboxylic acids is 4. The van der Waals surface area contributed by atoms with Gasteiger partial charge in [-0.25, -0.2) is 0 Å². The number of nitrogens with zero attached hydrogens (tertiary/aromatic N) is 9. The Kier molecular flexibility index (Phi) is 38.9. The van der Waals surface area contributed by atoms with Crippen molar-refractivity contribution in [2.75, 3.05) is 35.8 Å². The Balaban J connectivity index is 0.00000477. The smallest absolute Gasteiger partial charge is 0.545 e. The molecule has 12 aromatic rings. The van der Waals surface area contributed by atoms with Crippen molar-refractivity contribution in [1.82, 2.24) is 9.56 Å². The van der Waals surface area contributed by atoms with Gasteiger partial charge in [0.2, 0.25) is 0 Å². The molecule has 0 bridgehead atoms. The van der Waals surface area contributed by atoms with Crippen LogP contribution >= 0.6 is 28.3 Å². The van der Waals surface area contributed by atoms with Crippen molar-refractivity contribution in [1.29, 1.82) is 0 Å². The van der Waals surface area contributed by atoms with E-state index in [1.54, 1.807) is 246 Å². The Bertz CT molecular complexity index is 5240. The minimum atomic E-state index is -3.85. The molecule has 27 nitrogen and oxygen atoms in total. The zero-order chi connectivity index (χ0) is 84.5. The van der Waals surface area contributed by atoms with Crippen LogP contribution in [0, 0.1) is 0 Å². The predicted octanol–water partition coefficient (Wildman–Crippen LogP) is 1.92. The molecule has 12 rings (SSSR count). The van der Waals surface area contributed by atoms with Crippen LogP contribution in [0.25, 0.3) is 0 Å². The summed E-state index contributed by atoms with van der Waals surface area (Å²) in [4.78, 5) is 45.0. The number of carbonyl (C=O) groups is 4. The van der Waals surface area contributed by atoms with E-state index in [1.807, 2.05) is 66.5 Å². The van der Waals surface area contributed by atoms with Gasteiger partial charge in [-0.05, 0) is 256 Å². The first-order valence-electron chi connectivity index (χ1n) is 35.9. The van der Waals surface area contributed by atoms with E-state index in [9.17, 15) is 39.6 Å². The van der Waals surface area contributed by atoms with Crippen LogP contribution < -0.4 is 198 Å². The fraction of sp³-hybridized carbons (Fsp3) is 0.0233. The number of carboxylic acid groups (broad SMARTS) is 4. The van der Waals surface area contributed by atoms with Crippen LogP contribution in [0.1, 0.15) is 74.8 Å². The van der Waals surface area contributed by atoms with Gasteiger partial charge in [0.15, 0.2) is 34.5 Å². The van der Waals surface area contributed by atoms with Crippen molar-refractivity contribution in [3.8, 4) is 34.5 Å². The number of hydrazone groups is 6. The molecule has 0 aliphatic heterocycles. The summed E-state index contributed by atoms with van der Waals surface area (Å²) >= 11 is 19.1. The molecule has 0 radical (unpaired) electrons. The van der Waals surface area contributed by atoms with Gasteiger partial charge in [-0.2, -0.15) is 20.4 Å². The standard InChI is InChI=1S/C86H73N13O14P4S3.4Na/c1-4-114(81-11-7-5-8-12-81,82-13-9-6-10-14-82)97-115(118,108-75-43-23-65(24-44-75)59-91-98(2)116(119,110-77-47-15-61(16-48-77)55-87-93-71-35-27-67(28-36-71)83(100)101)111-78-49-17-62(18-50-78)56-88-94-72-37-29-68(30-38-72)84(102)103)109-76-45-25-66(26-46-76)60-92-99(3)117(120,112-79-51-19-63(20-52-79)57-89-95-73-39-31-69(32-40-73)85(104)105)113-80-53-21-64(22-54-80)58-90-96-74-41-33-70(34-42-74)86(106)107;;;;/h4-60,93-96H,1H2,2-3H3,(H,100,101)(H,102,103)(H,104,105)(H,106,107);;;;/q;4*+1/p-4/b87-55-,88-56-,89-57-,90-58-,91-59-,92-60-;;;;. The topological polar surface area (TPSA) is 357 Å². The van der Waals surface area contributed by atoms with Crippen LogP contribution in [0.5, 0.6) is 34.5 Å². The van der Waals surface area contributed by atoms with Crippen molar-refractivity contribution >= 4 is 160 Å². The Labute approximate surface area is 821 Å². The number of carbonyl (C=O) groups excluding carboxylic acids is 4. The number of nitrogens with one attached hydrogen (secondary N) is 4. The van der Waals surface area contributed by atoms with Gasteiger partial charge in [0.1, 0.15) is 0 Å². The molecule has 4 N–H and O–H groups in total. The average molecular weight is 1820 g/mol. The monoisotopic (exact) mass is 1820 g/mol. The molecule has 0 saturated heterocycles. The minimum Gasteiger partial charge on any atom is -0.545 e. The third-order valence-corrected chi connectivity index (χ3v) is 29.4. The predicted molar refractivity (Wildman–Crippen MR) is 476 cm³/mol. The van der Waals surface area contributed by atoms with E-state index in [0.29, 0.717) is 90.6 Å². The summed E-state index contributed by atoms with van der Waals surface area (Å²) in [5.74, 6) is -1.25. The number of benzene rings is 12. The Morgan fingerprint density at radius 3 is 0.742 bits per heavy atom. The van der Waals surface area contributed by atoms with Crippen molar-refractivity contribution < 1.29 is 185 Å². The zero-order valence-electron chi connectivity index (χ0n) is 67.4. The summed E-state index contributed by atoms with van der Waals surface area (Å²) in [5, 5.41) is 73.4. The van der Waals surface area contributed by atoms with Crippen LogP contribution in [-0.4, -0.2) is 84.8 Å². The van der Waals surface area contributed by atoms with Crippen molar-refractivity contribution in [2.24, 2.45) is 35.1 Å². The molecule has 0 amide bonds. The van der Waals surface area contributed by atoms with Crippen molar-refractivity contribution in [3.63, 3.8) is 0 Å². The van der Waals surface area contributed by atoms with Crippen LogP contribution in [0.4, 0.5) is 22.7 Å². The molecule has 12 aromatic carbocycles. The molecule has 38 heteroatoms. The van der Waals surface area contributed by atoms with E-state index in [2.05, 4.69) is 48.7 Å². The summed E-state index contributed by atoms with van der Waals surface area (Å²) in [6.45, 7) is 4.37. The fourth-order valence-electron chi connectivity index (χ4n) is 10.7. The SMILES string of the molecule is C=CP(=N[P+]([S-])(Oc1ccc(/C=N\N(C)[P+]([S-])(Oc2ccc(/C=N\Nc3ccc(C(=O)[O-])cc3)cc2)Oc2ccc(/C=N\Nc3ccc(C(=O)[O-])cc3)cc2)cc1)Oc1ccc(/C=N\N(C)[P+]([S-])(Oc2ccc(/C=N\Nc3ccc(C(=O)[O-])cc3)cc2)Oc2ccc(/C=N\Nc3ccc(C(=O)[O-])cc3)cc2)cc1)(c1ccccc1)c1ccccc1.[Na+].[Na+].[Na+].[Na+]. The molecule has 604 valence electrons. The summed E-state index contributed by atoms with van der Waals surface area (Å²) in [6, 6.07) is 85.0. The maximum absolute atomic E-state index is 11.2. The first-order valence-corrected chi connectivity index (χ1v) is 45.5. The summed E-state index contributed by atoms with van der Waals surface area (Å²) in [7, 11) is -10.8. The molecule has 0 aliphatic carbocycles. The third-order valence-electron chi connectivity index (χ3n) is 17.0. The molecule has 0 aliphatic rings. The number of hydrogen-bond donors (Lipinski definition) is 4. The second-order valence-corrected chi connectivity index (χ2v) is 38.1. The quantitative estimate of drug-likeness (QED) is 0.0141. The van der Waals surface area contributed by atoms with E-state index in [4.69, 9.17) is 78.6 Å². The molecule has 0 fully saturated rings. The van der Waals surface area contributed by atoms with E-state index in [0.717, 1.165) is 10.6 Å². The largest absolute Gasteiger partial charge is 1.00 e. The minimum absolute atomic E-state index is 0. The maximum Gasteiger partial charge on any atom is 1.00 e. The van der Waals surface area contributed by atoms with E-state index in [-0.39, 0.29) is 140 Å². The van der Waals surface area contributed by atoms with Gasteiger partial charge >= 0.3 is 139 Å². The van der Waals surface area contributed by atoms with Gasteiger partial charge in [0, 0.05) is 10.6 Å². The van der Waals surface area contributed by atoms with Crippen LogP contribution in [0.2, 0.25) is 0 Å². The van der Waals surface area contributed by atoms with Crippen LogP contribution in [0.15, 0.2) is 351 Å². The molecule has 0 atom stereocenters. The average Bonchev–Trinajstić information content (AvgIpc) is 0.762. The van der Waals surface area contributed by atoms with Crippen LogP contribution in [-0.2, 0) is 36.7 Å². The molecule has 0 saturated carbocycles. The number of rotatable bonds is 38. The fourth-order valence-corrected chi connectivity index (χ4v) is 21.5. The normalized spacial score (nSPS) is 11.4. The molecule has 0 spiro atoms. The van der Waals surface area contributed by atoms with Crippen molar-refractivity contribution in [3.05, 3.63) is 371 Å². The molecular weight excluding hydrogens is 1750 g/mol. The maximum atomic E-state index is 11.2. The van der Waals surface area contributed by atoms with Crippen LogP contribution in [0.3, 0.4) is 0 Å². The summed E-state index contributed by atoms with van der Waals surface area (Å²) < 4.78 is 48.4. The summed E-state index contributed by atoms with van der Waals surface area (Å²) in [5.41, 5.74) is 17.9. The first-order chi connectivity index (χ1) is 58.0. The van der Waals surface area contributed by atoms with Gasteiger partial charge in [-0.1, -0.05) is 120 Å². The van der Waals surface area contributed by atoms with Gasteiger partial charge in [0.25, 0.3) is 0 Å². The molecule has 0 heterocycles. The molecular formula is C86H69N13Na4O14P4S3.